The van der Waals surface area contributed by atoms with Crippen LogP contribution in [0.25, 0.3) is 0 Å². The summed E-state index contributed by atoms with van der Waals surface area (Å²) in [7, 11) is 0. The van der Waals surface area contributed by atoms with E-state index in [-0.39, 0.29) is 18.5 Å². The quantitative estimate of drug-likeness (QED) is 0.862. The van der Waals surface area contributed by atoms with Crippen molar-refractivity contribution in [3.05, 3.63) is 46.2 Å². The van der Waals surface area contributed by atoms with Crippen LogP contribution in [-0.2, 0) is 17.9 Å². The van der Waals surface area contributed by atoms with Crippen LogP contribution in [0.3, 0.4) is 0 Å². The summed E-state index contributed by atoms with van der Waals surface area (Å²) in [6, 6.07) is 7.77. The van der Waals surface area contributed by atoms with E-state index in [0.29, 0.717) is 12.2 Å². The Morgan fingerprint density at radius 1 is 1.45 bits per heavy atom. The minimum absolute atomic E-state index is 0.0619. The van der Waals surface area contributed by atoms with Crippen LogP contribution in [0.5, 0.6) is 0 Å². The number of rotatable bonds is 5. The van der Waals surface area contributed by atoms with Gasteiger partial charge < -0.3 is 11.1 Å². The Bertz CT molecular complexity index is 581. The molecule has 0 saturated carbocycles. The molecule has 20 heavy (non-hydrogen) atoms. The van der Waals surface area contributed by atoms with Gasteiger partial charge in [-0.1, -0.05) is 33.3 Å². The molecule has 6 nitrogen and oxygen atoms in total. The van der Waals surface area contributed by atoms with Gasteiger partial charge in [-0.05, 0) is 24.6 Å². The molecular formula is C13H16BrN5O. The summed E-state index contributed by atoms with van der Waals surface area (Å²) in [5.41, 5.74) is 7.15. The lowest BCUT2D eigenvalue weighted by Crippen LogP contribution is -2.30. The largest absolute Gasteiger partial charge is 0.348 e. The highest BCUT2D eigenvalue weighted by Crippen LogP contribution is 2.16. The van der Waals surface area contributed by atoms with Crippen LogP contribution < -0.4 is 11.1 Å². The Hall–Kier alpha value is -1.73. The summed E-state index contributed by atoms with van der Waals surface area (Å²) < 4.78 is 2.49. The molecule has 0 fully saturated rings. The molecule has 106 valence electrons. The Kier molecular flexibility index (Phi) is 4.86. The fourth-order valence-electron chi connectivity index (χ4n) is 1.78. The summed E-state index contributed by atoms with van der Waals surface area (Å²) in [5, 5.41) is 10.6. The molecule has 3 N–H and O–H groups in total. The topological polar surface area (TPSA) is 85.8 Å². The smallest absolute Gasteiger partial charge is 0.242 e. The monoisotopic (exact) mass is 337 g/mol. The number of halogens is 1. The van der Waals surface area contributed by atoms with Crippen molar-refractivity contribution in [1.29, 1.82) is 0 Å². The lowest BCUT2D eigenvalue weighted by molar-refractivity contribution is -0.122. The number of amides is 1. The van der Waals surface area contributed by atoms with Gasteiger partial charge in [0.2, 0.25) is 5.91 Å². The van der Waals surface area contributed by atoms with E-state index in [2.05, 4.69) is 31.6 Å². The van der Waals surface area contributed by atoms with Crippen LogP contribution in [0.1, 0.15) is 24.2 Å². The minimum Gasteiger partial charge on any atom is -0.348 e. The first-order chi connectivity index (χ1) is 9.58. The highest BCUT2D eigenvalue weighted by Gasteiger charge is 2.10. The number of benzene rings is 1. The lowest BCUT2D eigenvalue weighted by Gasteiger charge is -2.14. The number of nitrogens with one attached hydrogen (secondary N) is 1. The Balaban J connectivity index is 1.92. The molecule has 1 amide bonds. The molecule has 1 heterocycles. The van der Waals surface area contributed by atoms with Crippen molar-refractivity contribution in [2.45, 2.75) is 26.1 Å². The van der Waals surface area contributed by atoms with Gasteiger partial charge in [0.15, 0.2) is 0 Å². The second-order valence-electron chi connectivity index (χ2n) is 4.45. The van der Waals surface area contributed by atoms with Crippen molar-refractivity contribution in [3.63, 3.8) is 0 Å². The highest BCUT2D eigenvalue weighted by molar-refractivity contribution is 9.10. The predicted molar refractivity (Wildman–Crippen MR) is 78.6 cm³/mol. The van der Waals surface area contributed by atoms with Crippen LogP contribution in [0, 0.1) is 0 Å². The number of nitrogens with zero attached hydrogens (tertiary/aromatic N) is 3. The van der Waals surface area contributed by atoms with Gasteiger partial charge >= 0.3 is 0 Å². The maximum atomic E-state index is 11.9. The molecule has 0 saturated heterocycles. The van der Waals surface area contributed by atoms with Gasteiger partial charge in [-0.15, -0.1) is 5.10 Å². The van der Waals surface area contributed by atoms with Crippen molar-refractivity contribution in [2.24, 2.45) is 5.73 Å². The van der Waals surface area contributed by atoms with Crippen LogP contribution in [-0.4, -0.2) is 20.9 Å². The first kappa shape index (κ1) is 14.7. The Labute approximate surface area is 125 Å². The predicted octanol–water partition coefficient (Wildman–Crippen LogP) is 1.38. The number of nitrogens with two attached hydrogens (primary N) is 1. The third-order valence-electron chi connectivity index (χ3n) is 2.85. The average molecular weight is 338 g/mol. The van der Waals surface area contributed by atoms with Crippen molar-refractivity contribution in [3.8, 4) is 0 Å². The molecule has 0 aliphatic rings. The molecule has 0 radical (unpaired) electrons. The van der Waals surface area contributed by atoms with E-state index >= 15 is 0 Å². The zero-order valence-corrected chi connectivity index (χ0v) is 12.7. The molecule has 0 spiro atoms. The number of aromatic nitrogens is 3. The van der Waals surface area contributed by atoms with Crippen molar-refractivity contribution in [1.82, 2.24) is 20.3 Å². The Morgan fingerprint density at radius 3 is 2.75 bits per heavy atom. The number of carbonyl (C=O) groups is 1. The second kappa shape index (κ2) is 6.62. The fraction of sp³-hybridized carbons (Fsp3) is 0.308. The zero-order valence-electron chi connectivity index (χ0n) is 11.1. The second-order valence-corrected chi connectivity index (χ2v) is 5.37. The highest BCUT2D eigenvalue weighted by atomic mass is 79.9. The lowest BCUT2D eigenvalue weighted by atomic mass is 10.1. The van der Waals surface area contributed by atoms with Crippen LogP contribution >= 0.6 is 15.9 Å². The van der Waals surface area contributed by atoms with E-state index in [9.17, 15) is 4.79 Å². The van der Waals surface area contributed by atoms with E-state index in [1.54, 1.807) is 6.20 Å². The van der Waals surface area contributed by atoms with Gasteiger partial charge in [0.1, 0.15) is 6.54 Å². The van der Waals surface area contributed by atoms with Crippen molar-refractivity contribution in [2.75, 3.05) is 0 Å². The van der Waals surface area contributed by atoms with Gasteiger partial charge in [-0.25, -0.2) is 4.68 Å². The third kappa shape index (κ3) is 3.88. The molecule has 0 aliphatic heterocycles. The molecule has 2 aromatic rings. The molecule has 7 heteroatoms. The standard InChI is InChI=1S/C13H16BrN5O/c1-9(10-2-4-11(14)5-3-10)16-13(20)8-19-7-12(6-15)17-18-19/h2-5,7,9H,6,8,15H2,1H3,(H,16,20). The summed E-state index contributed by atoms with van der Waals surface area (Å²) in [6.45, 7) is 2.39. The maximum Gasteiger partial charge on any atom is 0.242 e. The summed E-state index contributed by atoms with van der Waals surface area (Å²) in [5.74, 6) is -0.117. The van der Waals surface area contributed by atoms with Crippen LogP contribution in [0.2, 0.25) is 0 Å². The van der Waals surface area contributed by atoms with E-state index < -0.39 is 0 Å². The molecule has 0 bridgehead atoms. The number of hydrogen-bond acceptors (Lipinski definition) is 4. The maximum absolute atomic E-state index is 11.9. The molecule has 2 rings (SSSR count). The first-order valence-corrected chi connectivity index (χ1v) is 7.01. The minimum atomic E-state index is -0.117. The van der Waals surface area contributed by atoms with E-state index in [1.165, 1.54) is 4.68 Å². The van der Waals surface area contributed by atoms with E-state index in [1.807, 2.05) is 31.2 Å². The normalized spacial score (nSPS) is 12.2. The molecule has 1 unspecified atom stereocenters. The average Bonchev–Trinajstić information content (AvgIpc) is 2.86. The molecule has 1 atom stereocenters. The Morgan fingerprint density at radius 2 is 2.15 bits per heavy atom. The molecular weight excluding hydrogens is 322 g/mol. The van der Waals surface area contributed by atoms with E-state index in [4.69, 9.17) is 5.73 Å². The van der Waals surface area contributed by atoms with Gasteiger partial charge in [0.25, 0.3) is 0 Å². The van der Waals surface area contributed by atoms with Crippen LogP contribution in [0.15, 0.2) is 34.9 Å². The van der Waals surface area contributed by atoms with Crippen molar-refractivity contribution < 1.29 is 4.79 Å². The molecule has 1 aromatic heterocycles. The summed E-state index contributed by atoms with van der Waals surface area (Å²) in [6.07, 6.45) is 1.67. The van der Waals surface area contributed by atoms with Crippen molar-refractivity contribution >= 4 is 21.8 Å². The number of carbonyl (C=O) groups excluding carboxylic acids is 1. The number of hydrogen-bond donors (Lipinski definition) is 2. The third-order valence-corrected chi connectivity index (χ3v) is 3.38. The zero-order chi connectivity index (χ0) is 14.5. The summed E-state index contributed by atoms with van der Waals surface area (Å²) in [4.78, 5) is 11.9. The van der Waals surface area contributed by atoms with Gasteiger partial charge in [-0.2, -0.15) is 0 Å². The van der Waals surface area contributed by atoms with E-state index in [0.717, 1.165) is 10.0 Å². The fourth-order valence-corrected chi connectivity index (χ4v) is 2.04. The van der Waals surface area contributed by atoms with Gasteiger partial charge in [0, 0.05) is 11.0 Å². The van der Waals surface area contributed by atoms with Crippen LogP contribution in [0.4, 0.5) is 0 Å². The first-order valence-electron chi connectivity index (χ1n) is 6.22. The molecule has 0 aliphatic carbocycles. The molecule has 1 aromatic carbocycles. The SMILES string of the molecule is CC(NC(=O)Cn1cc(CN)nn1)c1ccc(Br)cc1. The van der Waals surface area contributed by atoms with Gasteiger partial charge in [0.05, 0.1) is 17.9 Å². The summed E-state index contributed by atoms with van der Waals surface area (Å²) >= 11 is 3.38. The van der Waals surface area contributed by atoms with Gasteiger partial charge in [-0.3, -0.25) is 4.79 Å².